The molecule has 0 amide bonds. The van der Waals surface area contributed by atoms with Crippen LogP contribution in [0.4, 0.5) is 0 Å². The summed E-state index contributed by atoms with van der Waals surface area (Å²) in [6.07, 6.45) is 7.69. The van der Waals surface area contributed by atoms with E-state index in [0.29, 0.717) is 17.2 Å². The van der Waals surface area contributed by atoms with E-state index in [2.05, 4.69) is 16.5 Å². The summed E-state index contributed by atoms with van der Waals surface area (Å²) < 4.78 is 18.6. The van der Waals surface area contributed by atoms with Gasteiger partial charge in [-0.25, -0.2) is 4.98 Å². The molecule has 3 rings (SSSR count). The molecule has 6 heteroatoms. The lowest BCUT2D eigenvalue weighted by Crippen LogP contribution is -2.00. The van der Waals surface area contributed by atoms with E-state index in [0.717, 1.165) is 41.9 Å². The number of rotatable bonds is 8. The predicted molar refractivity (Wildman–Crippen MR) is 105 cm³/mol. The Bertz CT molecular complexity index is 866. The average molecular weight is 367 g/mol. The minimum atomic E-state index is 0.569. The predicted octanol–water partition coefficient (Wildman–Crippen LogP) is 4.44. The van der Waals surface area contributed by atoms with Gasteiger partial charge in [-0.05, 0) is 30.7 Å². The van der Waals surface area contributed by atoms with Crippen molar-refractivity contribution in [1.82, 2.24) is 14.5 Å². The van der Waals surface area contributed by atoms with E-state index >= 15 is 0 Å². The van der Waals surface area contributed by atoms with Crippen LogP contribution in [0.2, 0.25) is 0 Å². The van der Waals surface area contributed by atoms with Gasteiger partial charge in [-0.2, -0.15) is 0 Å². The molecule has 6 nitrogen and oxygen atoms in total. The Kier molecular flexibility index (Phi) is 5.96. The van der Waals surface area contributed by atoms with Crippen molar-refractivity contribution in [2.24, 2.45) is 0 Å². The fraction of sp³-hybridized carbons (Fsp3) is 0.333. The molecule has 1 aromatic carbocycles. The molecule has 0 radical (unpaired) electrons. The van der Waals surface area contributed by atoms with E-state index in [1.807, 2.05) is 30.6 Å². The summed E-state index contributed by atoms with van der Waals surface area (Å²) in [6.45, 7) is 3.09. The molecule has 0 saturated carbocycles. The summed E-state index contributed by atoms with van der Waals surface area (Å²) in [5.74, 6) is 1.78. The van der Waals surface area contributed by atoms with Crippen LogP contribution in [0.1, 0.15) is 19.8 Å². The van der Waals surface area contributed by atoms with Gasteiger partial charge in [0.25, 0.3) is 0 Å². The SMILES string of the molecule is CCCCn1cnc(-c2cc(OC)c(OC)c(OC)c2)c1-c1ccncc1. The molecule has 0 aliphatic rings. The molecule has 142 valence electrons. The lowest BCUT2D eigenvalue weighted by Gasteiger charge is -2.15. The van der Waals surface area contributed by atoms with Crippen LogP contribution in [-0.4, -0.2) is 35.9 Å². The highest BCUT2D eigenvalue weighted by atomic mass is 16.5. The second-order valence-corrected chi connectivity index (χ2v) is 6.14. The fourth-order valence-corrected chi connectivity index (χ4v) is 3.12. The molecule has 0 fully saturated rings. The Morgan fingerprint density at radius 2 is 1.59 bits per heavy atom. The minimum Gasteiger partial charge on any atom is -0.493 e. The quantitative estimate of drug-likeness (QED) is 0.589. The van der Waals surface area contributed by atoms with Crippen LogP contribution >= 0.6 is 0 Å². The highest BCUT2D eigenvalue weighted by Gasteiger charge is 2.19. The number of nitrogens with zero attached hydrogens (tertiary/aromatic N) is 3. The second kappa shape index (κ2) is 8.58. The molecule has 0 saturated heterocycles. The van der Waals surface area contributed by atoms with Gasteiger partial charge >= 0.3 is 0 Å². The van der Waals surface area contributed by atoms with Gasteiger partial charge in [0.1, 0.15) is 0 Å². The topological polar surface area (TPSA) is 58.4 Å². The highest BCUT2D eigenvalue weighted by Crippen LogP contribution is 2.42. The third-order valence-corrected chi connectivity index (χ3v) is 4.48. The van der Waals surface area contributed by atoms with Gasteiger partial charge in [-0.15, -0.1) is 0 Å². The van der Waals surface area contributed by atoms with Crippen LogP contribution in [0, 0.1) is 0 Å². The third kappa shape index (κ3) is 3.74. The Balaban J connectivity index is 2.18. The molecule has 27 heavy (non-hydrogen) atoms. The molecule has 0 N–H and O–H groups in total. The zero-order valence-electron chi connectivity index (χ0n) is 16.2. The molecule has 0 aliphatic heterocycles. The molecular formula is C21H25N3O3. The molecule has 0 atom stereocenters. The van der Waals surface area contributed by atoms with Gasteiger partial charge in [0.2, 0.25) is 5.75 Å². The number of imidazole rings is 1. The normalized spacial score (nSPS) is 10.7. The summed E-state index contributed by atoms with van der Waals surface area (Å²) in [5, 5.41) is 0. The zero-order chi connectivity index (χ0) is 19.2. The molecule has 0 spiro atoms. The van der Waals surface area contributed by atoms with E-state index < -0.39 is 0 Å². The van der Waals surface area contributed by atoms with Crippen molar-refractivity contribution in [3.63, 3.8) is 0 Å². The molecule has 2 heterocycles. The molecule has 0 aliphatic carbocycles. The van der Waals surface area contributed by atoms with Crippen LogP contribution in [0.3, 0.4) is 0 Å². The zero-order valence-corrected chi connectivity index (χ0v) is 16.2. The maximum absolute atomic E-state index is 5.51. The number of unbranched alkanes of at least 4 members (excludes halogenated alkanes) is 1. The van der Waals surface area contributed by atoms with Gasteiger partial charge in [-0.3, -0.25) is 4.98 Å². The van der Waals surface area contributed by atoms with Gasteiger partial charge in [0, 0.05) is 30.1 Å². The molecular weight excluding hydrogens is 342 g/mol. The summed E-state index contributed by atoms with van der Waals surface area (Å²) >= 11 is 0. The van der Waals surface area contributed by atoms with E-state index in [-0.39, 0.29) is 0 Å². The van der Waals surface area contributed by atoms with Crippen LogP contribution in [0.25, 0.3) is 22.5 Å². The monoisotopic (exact) mass is 367 g/mol. The molecule has 3 aromatic rings. The lowest BCUT2D eigenvalue weighted by molar-refractivity contribution is 0.324. The van der Waals surface area contributed by atoms with Crippen LogP contribution in [0.15, 0.2) is 43.0 Å². The summed E-state index contributed by atoms with van der Waals surface area (Å²) in [7, 11) is 4.83. The second-order valence-electron chi connectivity index (χ2n) is 6.14. The van der Waals surface area contributed by atoms with Gasteiger partial charge in [0.05, 0.1) is 39.0 Å². The maximum atomic E-state index is 5.51. The number of aryl methyl sites for hydroxylation is 1. The Morgan fingerprint density at radius 1 is 0.926 bits per heavy atom. The van der Waals surface area contributed by atoms with Crippen molar-refractivity contribution in [2.75, 3.05) is 21.3 Å². The van der Waals surface area contributed by atoms with Crippen molar-refractivity contribution in [3.8, 4) is 39.8 Å². The Labute approximate surface area is 159 Å². The largest absolute Gasteiger partial charge is 0.493 e. The first-order valence-electron chi connectivity index (χ1n) is 8.99. The van der Waals surface area contributed by atoms with Crippen molar-refractivity contribution >= 4 is 0 Å². The number of ether oxygens (including phenoxy) is 3. The van der Waals surface area contributed by atoms with E-state index in [1.54, 1.807) is 33.7 Å². The van der Waals surface area contributed by atoms with Crippen LogP contribution in [0.5, 0.6) is 17.2 Å². The smallest absolute Gasteiger partial charge is 0.203 e. The first-order valence-corrected chi connectivity index (χ1v) is 8.99. The summed E-state index contributed by atoms with van der Waals surface area (Å²) in [4.78, 5) is 8.85. The highest BCUT2D eigenvalue weighted by molar-refractivity contribution is 5.81. The number of pyridine rings is 1. The Hall–Kier alpha value is -3.02. The number of hydrogen-bond donors (Lipinski definition) is 0. The Morgan fingerprint density at radius 3 is 2.15 bits per heavy atom. The van der Waals surface area contributed by atoms with E-state index in [4.69, 9.17) is 19.2 Å². The summed E-state index contributed by atoms with van der Waals surface area (Å²) in [5.41, 5.74) is 3.91. The molecule has 0 bridgehead atoms. The van der Waals surface area contributed by atoms with Crippen molar-refractivity contribution in [2.45, 2.75) is 26.3 Å². The van der Waals surface area contributed by atoms with Crippen molar-refractivity contribution in [3.05, 3.63) is 43.0 Å². The van der Waals surface area contributed by atoms with Gasteiger partial charge in [-0.1, -0.05) is 13.3 Å². The number of methoxy groups -OCH3 is 3. The van der Waals surface area contributed by atoms with E-state index in [9.17, 15) is 0 Å². The summed E-state index contributed by atoms with van der Waals surface area (Å²) in [6, 6.07) is 7.86. The fourth-order valence-electron chi connectivity index (χ4n) is 3.12. The van der Waals surface area contributed by atoms with Crippen LogP contribution in [-0.2, 0) is 6.54 Å². The first kappa shape index (κ1) is 18.8. The minimum absolute atomic E-state index is 0.569. The van der Waals surface area contributed by atoms with Crippen molar-refractivity contribution < 1.29 is 14.2 Å². The maximum Gasteiger partial charge on any atom is 0.203 e. The van der Waals surface area contributed by atoms with Gasteiger partial charge in [0.15, 0.2) is 11.5 Å². The average Bonchev–Trinajstić information content (AvgIpc) is 3.15. The molecule has 0 unspecified atom stereocenters. The number of benzene rings is 1. The van der Waals surface area contributed by atoms with Crippen molar-refractivity contribution in [1.29, 1.82) is 0 Å². The standard InChI is InChI=1S/C21H25N3O3/c1-5-6-11-24-14-23-19(20(24)15-7-9-22-10-8-15)16-12-17(25-2)21(27-4)18(13-16)26-3/h7-10,12-14H,5-6,11H2,1-4H3. The van der Waals surface area contributed by atoms with Crippen LogP contribution < -0.4 is 14.2 Å². The first-order chi connectivity index (χ1) is 13.2. The number of hydrogen-bond acceptors (Lipinski definition) is 5. The third-order valence-electron chi connectivity index (χ3n) is 4.48. The molecule has 2 aromatic heterocycles. The van der Waals surface area contributed by atoms with Gasteiger partial charge < -0.3 is 18.8 Å². The van der Waals surface area contributed by atoms with E-state index in [1.165, 1.54) is 0 Å². The number of aromatic nitrogens is 3. The lowest BCUT2D eigenvalue weighted by atomic mass is 10.0.